The summed E-state index contributed by atoms with van der Waals surface area (Å²) in [6.07, 6.45) is 4.55. The molecule has 2 heterocycles. The summed E-state index contributed by atoms with van der Waals surface area (Å²) in [5.41, 5.74) is 6.63. The van der Waals surface area contributed by atoms with E-state index in [1.165, 1.54) is 0 Å². The van der Waals surface area contributed by atoms with Gasteiger partial charge >= 0.3 is 0 Å². The number of likely N-dealkylation sites (tertiary alicyclic amines) is 1. The van der Waals surface area contributed by atoms with Crippen LogP contribution in [0.5, 0.6) is 0 Å². The molecule has 1 aliphatic rings. The molecule has 5 heteroatoms. The van der Waals surface area contributed by atoms with E-state index in [2.05, 4.69) is 13.8 Å². The number of amides is 1. The lowest BCUT2D eigenvalue weighted by atomic mass is 9.99. The molecule has 0 bridgehead atoms. The van der Waals surface area contributed by atoms with Gasteiger partial charge in [-0.15, -0.1) is 0 Å². The molecule has 19 heavy (non-hydrogen) atoms. The Morgan fingerprint density at radius 2 is 2.32 bits per heavy atom. The molecule has 0 aromatic carbocycles. The van der Waals surface area contributed by atoms with Gasteiger partial charge in [-0.25, -0.2) is 0 Å². The molecule has 4 nitrogen and oxygen atoms in total. The Morgan fingerprint density at radius 1 is 1.58 bits per heavy atom. The van der Waals surface area contributed by atoms with Crippen molar-refractivity contribution < 1.29 is 4.79 Å². The smallest absolute Gasteiger partial charge is 0.270 e. The molecule has 2 atom stereocenters. The maximum Gasteiger partial charge on any atom is 0.270 e. The van der Waals surface area contributed by atoms with Gasteiger partial charge in [0.2, 0.25) is 0 Å². The van der Waals surface area contributed by atoms with Crippen LogP contribution in [0.3, 0.4) is 0 Å². The number of rotatable bonds is 3. The molecule has 2 unspecified atom stereocenters. The van der Waals surface area contributed by atoms with Crippen molar-refractivity contribution in [2.75, 3.05) is 6.54 Å². The van der Waals surface area contributed by atoms with Crippen LogP contribution in [0.15, 0.2) is 12.3 Å². The molecule has 1 fully saturated rings. The quantitative estimate of drug-likeness (QED) is 0.927. The third-order valence-electron chi connectivity index (χ3n) is 3.72. The van der Waals surface area contributed by atoms with Gasteiger partial charge in [0, 0.05) is 31.4 Å². The number of hydrogen-bond donors (Lipinski definition) is 1. The molecule has 0 aliphatic carbocycles. The van der Waals surface area contributed by atoms with E-state index in [0.717, 1.165) is 32.4 Å². The van der Waals surface area contributed by atoms with E-state index < -0.39 is 0 Å². The highest BCUT2D eigenvalue weighted by Crippen LogP contribution is 2.22. The lowest BCUT2D eigenvalue weighted by molar-refractivity contribution is 0.0608. The van der Waals surface area contributed by atoms with E-state index in [9.17, 15) is 4.79 Å². The third-order valence-corrected chi connectivity index (χ3v) is 3.93. The number of nitrogens with zero attached hydrogens (tertiary/aromatic N) is 2. The topological polar surface area (TPSA) is 51.3 Å². The van der Waals surface area contributed by atoms with Gasteiger partial charge in [0.1, 0.15) is 5.69 Å². The molecule has 0 saturated carbocycles. The molecule has 2 N–H and O–H groups in total. The molecule has 1 aromatic heterocycles. The van der Waals surface area contributed by atoms with E-state index in [1.54, 1.807) is 6.07 Å². The van der Waals surface area contributed by atoms with E-state index in [0.29, 0.717) is 10.7 Å². The highest BCUT2D eigenvalue weighted by molar-refractivity contribution is 6.31. The zero-order valence-electron chi connectivity index (χ0n) is 11.6. The normalized spacial score (nSPS) is 23.7. The van der Waals surface area contributed by atoms with Crippen molar-refractivity contribution in [3.8, 4) is 0 Å². The highest BCUT2D eigenvalue weighted by Gasteiger charge is 2.29. The van der Waals surface area contributed by atoms with Crippen molar-refractivity contribution in [3.05, 3.63) is 23.0 Å². The third kappa shape index (κ3) is 3.12. The standard InChI is InChI=1S/C14H22ClN3O/c1-3-5-17-9-11(15)8-13(17)14(19)18-6-4-12(16)7-10(18)2/h8-10,12H,3-7,16H2,1-2H3. The van der Waals surface area contributed by atoms with Gasteiger partial charge in [-0.3, -0.25) is 4.79 Å². The Kier molecular flexibility index (Phi) is 4.53. The van der Waals surface area contributed by atoms with Crippen LogP contribution in [0.25, 0.3) is 0 Å². The zero-order chi connectivity index (χ0) is 14.0. The Bertz CT molecular complexity index is 458. The molecule has 1 aromatic rings. The first kappa shape index (κ1) is 14.4. The fourth-order valence-corrected chi connectivity index (χ4v) is 2.96. The first-order chi connectivity index (χ1) is 9.02. The molecule has 1 aliphatic heterocycles. The van der Waals surface area contributed by atoms with Crippen LogP contribution in [0.4, 0.5) is 0 Å². The summed E-state index contributed by atoms with van der Waals surface area (Å²) >= 11 is 6.03. The van der Waals surface area contributed by atoms with Gasteiger partial charge in [0.25, 0.3) is 5.91 Å². The summed E-state index contributed by atoms with van der Waals surface area (Å²) in [4.78, 5) is 14.5. The maximum absolute atomic E-state index is 12.6. The Hall–Kier alpha value is -1.00. The Balaban J connectivity index is 2.19. The SMILES string of the molecule is CCCn1cc(Cl)cc1C(=O)N1CCC(N)CC1C. The summed E-state index contributed by atoms with van der Waals surface area (Å²) in [6.45, 7) is 5.70. The van der Waals surface area contributed by atoms with Crippen molar-refractivity contribution in [1.29, 1.82) is 0 Å². The minimum Gasteiger partial charge on any atom is -0.342 e. The minimum absolute atomic E-state index is 0.0692. The van der Waals surface area contributed by atoms with Crippen molar-refractivity contribution in [2.45, 2.75) is 51.7 Å². The number of nitrogens with two attached hydrogens (primary N) is 1. The van der Waals surface area contributed by atoms with Crippen molar-refractivity contribution in [2.24, 2.45) is 5.73 Å². The molecule has 106 valence electrons. The lowest BCUT2D eigenvalue weighted by Crippen LogP contribution is -2.48. The van der Waals surface area contributed by atoms with Gasteiger partial charge in [0.05, 0.1) is 5.02 Å². The number of carbonyl (C=O) groups excluding carboxylic acids is 1. The minimum atomic E-state index is 0.0692. The second kappa shape index (κ2) is 5.97. The van der Waals surface area contributed by atoms with Gasteiger partial charge in [-0.2, -0.15) is 0 Å². The van der Waals surface area contributed by atoms with Crippen LogP contribution >= 0.6 is 11.6 Å². The zero-order valence-corrected chi connectivity index (χ0v) is 12.4. The number of halogens is 1. The van der Waals surface area contributed by atoms with Crippen molar-refractivity contribution in [3.63, 3.8) is 0 Å². The van der Waals surface area contributed by atoms with Crippen LogP contribution in [-0.2, 0) is 6.54 Å². The number of aromatic nitrogens is 1. The molecular formula is C14H22ClN3O. The van der Waals surface area contributed by atoms with E-state index >= 15 is 0 Å². The second-order valence-corrected chi connectivity index (χ2v) is 5.81. The summed E-state index contributed by atoms with van der Waals surface area (Å²) in [7, 11) is 0. The predicted octanol–water partition coefficient (Wildman–Crippen LogP) is 2.50. The summed E-state index contributed by atoms with van der Waals surface area (Å²) in [5, 5.41) is 0.623. The average Bonchev–Trinajstić information content (AvgIpc) is 2.70. The largest absolute Gasteiger partial charge is 0.342 e. The Labute approximate surface area is 119 Å². The lowest BCUT2D eigenvalue weighted by Gasteiger charge is -2.36. The molecule has 0 spiro atoms. The second-order valence-electron chi connectivity index (χ2n) is 5.37. The molecular weight excluding hydrogens is 262 g/mol. The molecule has 0 radical (unpaired) electrons. The van der Waals surface area contributed by atoms with Gasteiger partial charge in [-0.05, 0) is 32.3 Å². The predicted molar refractivity (Wildman–Crippen MR) is 77.4 cm³/mol. The van der Waals surface area contributed by atoms with Crippen LogP contribution in [0.2, 0.25) is 5.02 Å². The van der Waals surface area contributed by atoms with Crippen LogP contribution < -0.4 is 5.73 Å². The van der Waals surface area contributed by atoms with Gasteiger partial charge < -0.3 is 15.2 Å². The maximum atomic E-state index is 12.6. The highest BCUT2D eigenvalue weighted by atomic mass is 35.5. The van der Waals surface area contributed by atoms with Crippen LogP contribution in [0, 0.1) is 0 Å². The fourth-order valence-electron chi connectivity index (χ4n) is 2.74. The summed E-state index contributed by atoms with van der Waals surface area (Å²) < 4.78 is 1.95. The Morgan fingerprint density at radius 3 is 2.95 bits per heavy atom. The van der Waals surface area contributed by atoms with Crippen LogP contribution in [0.1, 0.15) is 43.6 Å². The van der Waals surface area contributed by atoms with E-state index in [-0.39, 0.29) is 18.0 Å². The van der Waals surface area contributed by atoms with Gasteiger partial charge in [0.15, 0.2) is 0 Å². The van der Waals surface area contributed by atoms with E-state index in [1.807, 2.05) is 15.7 Å². The summed E-state index contributed by atoms with van der Waals surface area (Å²) in [5.74, 6) is 0.0692. The number of hydrogen-bond acceptors (Lipinski definition) is 2. The van der Waals surface area contributed by atoms with Crippen molar-refractivity contribution in [1.82, 2.24) is 9.47 Å². The van der Waals surface area contributed by atoms with Gasteiger partial charge in [-0.1, -0.05) is 18.5 Å². The van der Waals surface area contributed by atoms with Crippen LogP contribution in [-0.4, -0.2) is 34.0 Å². The monoisotopic (exact) mass is 283 g/mol. The fraction of sp³-hybridized carbons (Fsp3) is 0.643. The molecule has 1 saturated heterocycles. The first-order valence-corrected chi connectivity index (χ1v) is 7.33. The molecule has 2 rings (SSSR count). The number of piperidine rings is 1. The number of carbonyl (C=O) groups is 1. The average molecular weight is 284 g/mol. The first-order valence-electron chi connectivity index (χ1n) is 6.95. The molecule has 1 amide bonds. The van der Waals surface area contributed by atoms with Crippen molar-refractivity contribution >= 4 is 17.5 Å². The van der Waals surface area contributed by atoms with E-state index in [4.69, 9.17) is 17.3 Å². The number of aryl methyl sites for hydroxylation is 1. The summed E-state index contributed by atoms with van der Waals surface area (Å²) in [6, 6.07) is 2.17.